The van der Waals surface area contributed by atoms with E-state index in [0.29, 0.717) is 28.8 Å². The van der Waals surface area contributed by atoms with Crippen LogP contribution in [0.4, 0.5) is 5.69 Å². The van der Waals surface area contributed by atoms with Gasteiger partial charge in [-0.05, 0) is 42.5 Å². The Balaban J connectivity index is 1.37. The van der Waals surface area contributed by atoms with Gasteiger partial charge >= 0.3 is 0 Å². The SMILES string of the molecule is [C-]#[N+]c1ccc2c3ccc(C#N)cc3n(-c3ccccc3-c3nc(-c4ccccc4)nc(-n4c5ccccc5c5ccccc54)n3)c2c1. The maximum Gasteiger partial charge on any atom is 0.238 e. The number of hydrogen-bond acceptors (Lipinski definition) is 4. The van der Waals surface area contributed by atoms with Crippen LogP contribution in [0.5, 0.6) is 0 Å². The summed E-state index contributed by atoms with van der Waals surface area (Å²) in [4.78, 5) is 19.1. The van der Waals surface area contributed by atoms with Crippen LogP contribution in [0.1, 0.15) is 5.56 Å². The molecular weight excluding hydrogens is 591 g/mol. The summed E-state index contributed by atoms with van der Waals surface area (Å²) in [6, 6.07) is 48.2. The molecule has 0 amide bonds. The largest absolute Gasteiger partial charge is 0.310 e. The highest BCUT2D eigenvalue weighted by Gasteiger charge is 2.21. The Morgan fingerprint density at radius 1 is 0.542 bits per heavy atom. The summed E-state index contributed by atoms with van der Waals surface area (Å²) in [7, 11) is 0. The van der Waals surface area contributed by atoms with E-state index >= 15 is 0 Å². The van der Waals surface area contributed by atoms with Crippen molar-refractivity contribution in [3.63, 3.8) is 0 Å². The molecule has 0 spiro atoms. The van der Waals surface area contributed by atoms with Gasteiger partial charge in [0, 0.05) is 38.2 Å². The minimum absolute atomic E-state index is 0.504. The number of nitrogens with zero attached hydrogens (tertiary/aromatic N) is 7. The number of aromatic nitrogens is 5. The molecule has 222 valence electrons. The van der Waals surface area contributed by atoms with Gasteiger partial charge in [0.2, 0.25) is 5.95 Å². The van der Waals surface area contributed by atoms with E-state index in [2.05, 4.69) is 44.3 Å². The zero-order chi connectivity index (χ0) is 32.2. The van der Waals surface area contributed by atoms with Gasteiger partial charge in [-0.25, -0.2) is 9.83 Å². The van der Waals surface area contributed by atoms with Gasteiger partial charge in [-0.3, -0.25) is 4.57 Å². The molecule has 0 atom stereocenters. The molecule has 0 aliphatic rings. The van der Waals surface area contributed by atoms with Crippen LogP contribution in [-0.2, 0) is 0 Å². The molecule has 48 heavy (non-hydrogen) atoms. The summed E-state index contributed by atoms with van der Waals surface area (Å²) in [5.74, 6) is 1.57. The number of hydrogen-bond donors (Lipinski definition) is 0. The second kappa shape index (κ2) is 10.8. The molecule has 0 saturated carbocycles. The molecule has 0 saturated heterocycles. The Hall–Kier alpha value is -7.09. The van der Waals surface area contributed by atoms with Crippen molar-refractivity contribution >= 4 is 49.3 Å². The highest BCUT2D eigenvalue weighted by atomic mass is 15.2. The van der Waals surface area contributed by atoms with Gasteiger partial charge in [0.05, 0.1) is 40.4 Å². The van der Waals surface area contributed by atoms with Crippen molar-refractivity contribution in [3.8, 4) is 40.5 Å². The molecule has 0 N–H and O–H groups in total. The first-order valence-electron chi connectivity index (χ1n) is 15.5. The molecule has 0 unspecified atom stereocenters. The lowest BCUT2D eigenvalue weighted by atomic mass is 10.1. The molecule has 3 aromatic heterocycles. The third kappa shape index (κ3) is 4.16. The highest BCUT2D eigenvalue weighted by molar-refractivity contribution is 6.11. The lowest BCUT2D eigenvalue weighted by Gasteiger charge is -2.15. The van der Waals surface area contributed by atoms with E-state index < -0.39 is 0 Å². The predicted octanol–water partition coefficient (Wildman–Crippen LogP) is 9.82. The van der Waals surface area contributed by atoms with Crippen molar-refractivity contribution in [2.24, 2.45) is 0 Å². The first-order chi connectivity index (χ1) is 23.7. The maximum atomic E-state index is 9.83. The van der Waals surface area contributed by atoms with Crippen molar-refractivity contribution in [1.82, 2.24) is 24.1 Å². The second-order valence-corrected chi connectivity index (χ2v) is 11.5. The minimum atomic E-state index is 0.504. The van der Waals surface area contributed by atoms with Gasteiger partial charge in [0.15, 0.2) is 17.3 Å². The molecule has 6 aromatic carbocycles. The number of rotatable bonds is 4. The number of nitriles is 1. The van der Waals surface area contributed by atoms with E-state index in [-0.39, 0.29) is 0 Å². The molecule has 3 heterocycles. The number of para-hydroxylation sites is 3. The molecule has 7 heteroatoms. The topological polar surface area (TPSA) is 76.7 Å². The Kier molecular flexibility index (Phi) is 6.11. The van der Waals surface area contributed by atoms with Crippen LogP contribution in [0.3, 0.4) is 0 Å². The van der Waals surface area contributed by atoms with Crippen molar-refractivity contribution in [2.75, 3.05) is 0 Å². The van der Waals surface area contributed by atoms with Crippen LogP contribution in [0.2, 0.25) is 0 Å². The Bertz CT molecular complexity index is 2690. The Labute approximate surface area is 275 Å². The van der Waals surface area contributed by atoms with Crippen molar-refractivity contribution in [2.45, 2.75) is 0 Å². The zero-order valence-corrected chi connectivity index (χ0v) is 25.4. The smallest absolute Gasteiger partial charge is 0.238 e. The fourth-order valence-corrected chi connectivity index (χ4v) is 6.70. The van der Waals surface area contributed by atoms with E-state index in [1.165, 1.54) is 0 Å². The van der Waals surface area contributed by atoms with Crippen LogP contribution in [0.25, 0.3) is 82.9 Å². The van der Waals surface area contributed by atoms with E-state index in [4.69, 9.17) is 21.5 Å². The van der Waals surface area contributed by atoms with Crippen LogP contribution in [0, 0.1) is 17.9 Å². The summed E-state index contributed by atoms with van der Waals surface area (Å²) in [5.41, 5.74) is 7.29. The second-order valence-electron chi connectivity index (χ2n) is 11.5. The van der Waals surface area contributed by atoms with Gasteiger partial charge in [-0.15, -0.1) is 0 Å². The molecule has 9 rings (SSSR count). The van der Waals surface area contributed by atoms with Crippen molar-refractivity contribution < 1.29 is 0 Å². The summed E-state index contributed by atoms with van der Waals surface area (Å²) < 4.78 is 4.22. The van der Waals surface area contributed by atoms with Crippen molar-refractivity contribution in [3.05, 3.63) is 157 Å². The molecule has 0 fully saturated rings. The summed E-state index contributed by atoms with van der Waals surface area (Å²) in [5, 5.41) is 14.0. The lowest BCUT2D eigenvalue weighted by Crippen LogP contribution is -2.07. The molecule has 0 aliphatic heterocycles. The fourth-order valence-electron chi connectivity index (χ4n) is 6.70. The van der Waals surface area contributed by atoms with Crippen LogP contribution in [0.15, 0.2) is 140 Å². The van der Waals surface area contributed by atoms with E-state index in [9.17, 15) is 5.26 Å². The van der Waals surface area contributed by atoms with E-state index in [0.717, 1.165) is 60.4 Å². The van der Waals surface area contributed by atoms with Gasteiger partial charge in [-0.2, -0.15) is 15.2 Å². The summed E-state index contributed by atoms with van der Waals surface area (Å²) >= 11 is 0. The number of benzene rings is 6. The molecule has 0 bridgehead atoms. The van der Waals surface area contributed by atoms with Gasteiger partial charge in [0.25, 0.3) is 0 Å². The van der Waals surface area contributed by atoms with Crippen LogP contribution >= 0.6 is 0 Å². The van der Waals surface area contributed by atoms with E-state index in [1.807, 2.05) is 115 Å². The normalized spacial score (nSPS) is 11.3. The molecule has 7 nitrogen and oxygen atoms in total. The van der Waals surface area contributed by atoms with Crippen LogP contribution in [-0.4, -0.2) is 24.1 Å². The zero-order valence-electron chi connectivity index (χ0n) is 25.4. The Morgan fingerprint density at radius 3 is 1.88 bits per heavy atom. The standard InChI is InChI=1S/C41H23N7/c1-43-28-20-22-32-31-21-19-26(25-42)23-37(31)47(38(32)24-28)36-18-10-7-15-33(36)40-44-39(27-11-3-2-4-12-27)45-41(46-40)48-34-16-8-5-13-29(34)30-14-6-9-17-35(30)48/h2-24H. The van der Waals surface area contributed by atoms with Gasteiger partial charge in [0.1, 0.15) is 0 Å². The van der Waals surface area contributed by atoms with E-state index in [1.54, 1.807) is 0 Å². The fraction of sp³-hybridized carbons (Fsp3) is 0. The molecule has 9 aromatic rings. The molecule has 0 aliphatic carbocycles. The molecule has 0 radical (unpaired) electrons. The predicted molar refractivity (Wildman–Crippen MR) is 190 cm³/mol. The third-order valence-corrected chi connectivity index (χ3v) is 8.83. The first kappa shape index (κ1) is 27.2. The number of fused-ring (bicyclic) bond motifs is 6. The minimum Gasteiger partial charge on any atom is -0.310 e. The highest BCUT2D eigenvalue weighted by Crippen LogP contribution is 2.38. The van der Waals surface area contributed by atoms with Gasteiger partial charge < -0.3 is 4.57 Å². The summed E-state index contributed by atoms with van der Waals surface area (Å²) in [6.45, 7) is 7.72. The third-order valence-electron chi connectivity index (χ3n) is 8.83. The first-order valence-corrected chi connectivity index (χ1v) is 15.5. The quantitative estimate of drug-likeness (QED) is 0.185. The lowest BCUT2D eigenvalue weighted by molar-refractivity contribution is 0.951. The maximum absolute atomic E-state index is 9.83. The average molecular weight is 614 g/mol. The Morgan fingerprint density at radius 2 is 1.15 bits per heavy atom. The monoisotopic (exact) mass is 613 g/mol. The van der Waals surface area contributed by atoms with Crippen molar-refractivity contribution in [1.29, 1.82) is 5.26 Å². The average Bonchev–Trinajstić information content (AvgIpc) is 3.67. The van der Waals surface area contributed by atoms with Gasteiger partial charge in [-0.1, -0.05) is 97.1 Å². The molecular formula is C41H23N7. The van der Waals surface area contributed by atoms with Crippen LogP contribution < -0.4 is 0 Å². The summed E-state index contributed by atoms with van der Waals surface area (Å²) in [6.07, 6.45) is 0.